The van der Waals surface area contributed by atoms with Gasteiger partial charge >= 0.3 is 12.2 Å². The molecule has 1 N–H and O–H groups in total. The van der Waals surface area contributed by atoms with Crippen LogP contribution < -0.4 is 15.1 Å². The number of rotatable bonds is 3. The van der Waals surface area contributed by atoms with Gasteiger partial charge in [0.15, 0.2) is 11.6 Å². The van der Waals surface area contributed by atoms with Crippen LogP contribution in [0, 0.1) is 5.92 Å². The van der Waals surface area contributed by atoms with Crippen molar-refractivity contribution in [3.05, 3.63) is 42.0 Å². The highest BCUT2D eigenvalue weighted by Gasteiger charge is 2.34. The molecule has 2 aromatic rings. The Morgan fingerprint density at radius 1 is 0.906 bits per heavy atom. The van der Waals surface area contributed by atoms with Crippen molar-refractivity contribution in [1.82, 2.24) is 15.1 Å². The molecular formula is C22H27F3N6O. The summed E-state index contributed by atoms with van der Waals surface area (Å²) in [5.41, 5.74) is -1.09. The number of carbonyl (C=O) groups is 1. The molecule has 7 nitrogen and oxygen atoms in total. The van der Waals surface area contributed by atoms with E-state index in [0.717, 1.165) is 49.6 Å². The van der Waals surface area contributed by atoms with Gasteiger partial charge in [0.2, 0.25) is 0 Å². The Bertz CT molecular complexity index is 920. The van der Waals surface area contributed by atoms with E-state index >= 15 is 0 Å². The maximum atomic E-state index is 13.2. The van der Waals surface area contributed by atoms with E-state index in [1.54, 1.807) is 0 Å². The van der Waals surface area contributed by atoms with E-state index in [1.807, 2.05) is 17.0 Å². The fourth-order valence-electron chi connectivity index (χ4n) is 4.07. The number of hydrogen-bond acceptors (Lipinski definition) is 5. The topological polar surface area (TPSA) is 64.6 Å². The summed E-state index contributed by atoms with van der Waals surface area (Å²) in [7, 11) is 0. The predicted octanol–water partition coefficient (Wildman–Crippen LogP) is 4.09. The summed E-state index contributed by atoms with van der Waals surface area (Å²) in [5.74, 6) is 2.36. The first-order valence-corrected chi connectivity index (χ1v) is 10.9. The Morgan fingerprint density at radius 3 is 2.03 bits per heavy atom. The molecule has 0 spiro atoms. The second-order valence-corrected chi connectivity index (χ2v) is 8.37. The lowest BCUT2D eigenvalue weighted by molar-refractivity contribution is -0.136. The number of amides is 2. The van der Waals surface area contributed by atoms with E-state index < -0.39 is 17.8 Å². The highest BCUT2D eigenvalue weighted by atomic mass is 19.4. The summed E-state index contributed by atoms with van der Waals surface area (Å²) < 4.78 is 39.5. The van der Waals surface area contributed by atoms with Crippen LogP contribution in [-0.2, 0) is 6.18 Å². The predicted molar refractivity (Wildman–Crippen MR) is 117 cm³/mol. The van der Waals surface area contributed by atoms with Gasteiger partial charge in [-0.1, -0.05) is 19.1 Å². The maximum absolute atomic E-state index is 13.2. The number of carbonyl (C=O) groups excluding carboxylic acids is 1. The molecule has 172 valence electrons. The van der Waals surface area contributed by atoms with Crippen LogP contribution in [0.2, 0.25) is 0 Å². The number of alkyl halides is 3. The van der Waals surface area contributed by atoms with Crippen molar-refractivity contribution in [3.8, 4) is 0 Å². The maximum Gasteiger partial charge on any atom is 0.418 e. The summed E-state index contributed by atoms with van der Waals surface area (Å²) in [5, 5.41) is 11.1. The Morgan fingerprint density at radius 2 is 1.47 bits per heavy atom. The molecule has 1 aromatic carbocycles. The molecule has 2 saturated heterocycles. The standard InChI is InChI=1S/C22H27F3N6O/c1-16-8-10-29(11-9-16)19-6-7-20(28-27-19)30-12-14-31(15-13-30)21(32)26-18-5-3-2-4-17(18)22(23,24)25/h2-7,16H,8-15H2,1H3,(H,26,32). The summed E-state index contributed by atoms with van der Waals surface area (Å²) in [4.78, 5) is 18.3. The number of hydrogen-bond donors (Lipinski definition) is 1. The van der Waals surface area contributed by atoms with Crippen LogP contribution in [0.4, 0.5) is 35.3 Å². The van der Waals surface area contributed by atoms with Crippen molar-refractivity contribution in [2.45, 2.75) is 25.9 Å². The molecule has 0 saturated carbocycles. The minimum absolute atomic E-state index is 0.235. The first kappa shape index (κ1) is 22.2. The molecule has 2 amide bonds. The molecule has 0 radical (unpaired) electrons. The monoisotopic (exact) mass is 448 g/mol. The second-order valence-electron chi connectivity index (χ2n) is 8.37. The zero-order chi connectivity index (χ0) is 22.7. The number of aromatic nitrogens is 2. The fourth-order valence-corrected chi connectivity index (χ4v) is 4.07. The molecule has 0 unspecified atom stereocenters. The van der Waals surface area contributed by atoms with Gasteiger partial charge < -0.3 is 20.0 Å². The van der Waals surface area contributed by atoms with Gasteiger partial charge in [-0.3, -0.25) is 0 Å². The molecule has 0 bridgehead atoms. The zero-order valence-electron chi connectivity index (χ0n) is 18.0. The number of benzene rings is 1. The van der Waals surface area contributed by atoms with E-state index in [4.69, 9.17) is 0 Å². The molecule has 0 aliphatic carbocycles. The first-order chi connectivity index (χ1) is 15.3. The lowest BCUT2D eigenvalue weighted by Gasteiger charge is -2.35. The third-order valence-electron chi connectivity index (χ3n) is 6.11. The number of urea groups is 1. The van der Waals surface area contributed by atoms with Gasteiger partial charge in [-0.25, -0.2) is 4.79 Å². The molecule has 3 heterocycles. The molecule has 2 fully saturated rings. The van der Waals surface area contributed by atoms with Crippen molar-refractivity contribution in [2.75, 3.05) is 54.4 Å². The fraction of sp³-hybridized carbons (Fsp3) is 0.500. The minimum atomic E-state index is -4.53. The molecule has 10 heteroatoms. The van der Waals surface area contributed by atoms with Gasteiger partial charge in [-0.05, 0) is 43.0 Å². The van der Waals surface area contributed by atoms with Crippen LogP contribution in [0.1, 0.15) is 25.3 Å². The number of nitrogens with one attached hydrogen (secondary N) is 1. The molecule has 32 heavy (non-hydrogen) atoms. The van der Waals surface area contributed by atoms with Crippen LogP contribution >= 0.6 is 0 Å². The summed E-state index contributed by atoms with van der Waals surface area (Å²) in [6.45, 7) is 6.07. The summed E-state index contributed by atoms with van der Waals surface area (Å²) in [6, 6.07) is 8.37. The van der Waals surface area contributed by atoms with Crippen LogP contribution in [0.15, 0.2) is 36.4 Å². The smallest absolute Gasteiger partial charge is 0.355 e. The van der Waals surface area contributed by atoms with Crippen LogP contribution in [0.3, 0.4) is 0 Å². The largest absolute Gasteiger partial charge is 0.418 e. The average Bonchev–Trinajstić information content (AvgIpc) is 2.79. The molecule has 4 rings (SSSR count). The van der Waals surface area contributed by atoms with Crippen molar-refractivity contribution in [2.24, 2.45) is 5.92 Å². The van der Waals surface area contributed by atoms with Crippen LogP contribution in [0.25, 0.3) is 0 Å². The van der Waals surface area contributed by atoms with Gasteiger partial charge in [-0.15, -0.1) is 10.2 Å². The Hall–Kier alpha value is -3.04. The van der Waals surface area contributed by atoms with E-state index in [-0.39, 0.29) is 5.69 Å². The first-order valence-electron chi connectivity index (χ1n) is 10.9. The Labute approximate surface area is 185 Å². The highest BCUT2D eigenvalue weighted by molar-refractivity contribution is 5.90. The average molecular weight is 448 g/mol. The zero-order valence-corrected chi connectivity index (χ0v) is 18.0. The van der Waals surface area contributed by atoms with Crippen LogP contribution in [0.5, 0.6) is 0 Å². The number of anilines is 3. The Kier molecular flexibility index (Phi) is 6.38. The second kappa shape index (κ2) is 9.22. The molecule has 0 atom stereocenters. The lowest BCUT2D eigenvalue weighted by Crippen LogP contribution is -2.50. The summed E-state index contributed by atoms with van der Waals surface area (Å²) >= 11 is 0. The number of nitrogens with zero attached hydrogens (tertiary/aromatic N) is 5. The van der Waals surface area contributed by atoms with E-state index in [9.17, 15) is 18.0 Å². The normalized spacial score (nSPS) is 18.1. The quantitative estimate of drug-likeness (QED) is 0.767. The third kappa shape index (κ3) is 5.05. The van der Waals surface area contributed by atoms with E-state index in [1.165, 1.54) is 23.1 Å². The number of piperazine rings is 1. The van der Waals surface area contributed by atoms with Gasteiger partial charge in [0, 0.05) is 39.3 Å². The Balaban J connectivity index is 1.32. The SMILES string of the molecule is CC1CCN(c2ccc(N3CCN(C(=O)Nc4ccccc4C(F)(F)F)CC3)nn2)CC1. The number of piperidine rings is 1. The van der Waals surface area contributed by atoms with E-state index in [0.29, 0.717) is 26.2 Å². The molecule has 2 aliphatic heterocycles. The number of halogens is 3. The lowest BCUT2D eigenvalue weighted by atomic mass is 9.99. The summed E-state index contributed by atoms with van der Waals surface area (Å²) in [6.07, 6.45) is -2.22. The van der Waals surface area contributed by atoms with Crippen molar-refractivity contribution in [1.29, 1.82) is 0 Å². The third-order valence-corrected chi connectivity index (χ3v) is 6.11. The molecule has 2 aliphatic rings. The minimum Gasteiger partial charge on any atom is -0.355 e. The van der Waals surface area contributed by atoms with Crippen molar-refractivity contribution >= 4 is 23.4 Å². The van der Waals surface area contributed by atoms with Gasteiger partial charge in [-0.2, -0.15) is 13.2 Å². The van der Waals surface area contributed by atoms with Gasteiger partial charge in [0.1, 0.15) is 0 Å². The molecule has 1 aromatic heterocycles. The van der Waals surface area contributed by atoms with E-state index in [2.05, 4.69) is 27.3 Å². The van der Waals surface area contributed by atoms with Gasteiger partial charge in [0.25, 0.3) is 0 Å². The number of para-hydroxylation sites is 1. The molecular weight excluding hydrogens is 421 g/mol. The van der Waals surface area contributed by atoms with Gasteiger partial charge in [0.05, 0.1) is 11.3 Å². The highest BCUT2D eigenvalue weighted by Crippen LogP contribution is 2.34. The van der Waals surface area contributed by atoms with Crippen molar-refractivity contribution in [3.63, 3.8) is 0 Å². The van der Waals surface area contributed by atoms with Crippen LogP contribution in [-0.4, -0.2) is 60.4 Å². The van der Waals surface area contributed by atoms with Crippen molar-refractivity contribution < 1.29 is 18.0 Å².